The lowest BCUT2D eigenvalue weighted by Crippen LogP contribution is -2.50. The molecule has 0 radical (unpaired) electrons. The van der Waals surface area contributed by atoms with E-state index >= 15 is 0 Å². The minimum Gasteiger partial charge on any atom is -0.479 e. The molecule has 0 saturated carbocycles. The number of carboxylic acid groups (broad SMARTS) is 1. The number of nitrogen functional groups attached to an aromatic ring is 1. The maximum Gasteiger partial charge on any atom is 0.337 e. The predicted octanol–water partition coefficient (Wildman–Crippen LogP) is 2.41. The van der Waals surface area contributed by atoms with Crippen LogP contribution in [0.1, 0.15) is 17.3 Å². The fraction of sp³-hybridized carbons (Fsp3) is 0.125. The number of ketones is 1. The molecule has 1 unspecified atom stereocenters. The summed E-state index contributed by atoms with van der Waals surface area (Å²) in [7, 11) is 0. The van der Waals surface area contributed by atoms with Gasteiger partial charge in [-0.1, -0.05) is 42.5 Å². The van der Waals surface area contributed by atoms with Crippen molar-refractivity contribution in [3.05, 3.63) is 60.2 Å². The molecule has 2 aromatic rings. The second kappa shape index (κ2) is 5.66. The maximum absolute atomic E-state index is 12.5. The number of nitrogens with one attached hydrogen (secondary N) is 1. The Balaban J connectivity index is 2.40. The SMILES string of the molecule is CC(Nc1ccccc1N)(C(=O)O)C(=O)c1ccccc1. The number of hydrogen-bond donors (Lipinski definition) is 3. The van der Waals surface area contributed by atoms with E-state index in [0.717, 1.165) is 0 Å². The quantitative estimate of drug-likeness (QED) is 0.445. The number of aliphatic carboxylic acids is 1. The van der Waals surface area contributed by atoms with Crippen molar-refractivity contribution >= 4 is 23.1 Å². The van der Waals surface area contributed by atoms with Crippen LogP contribution in [-0.2, 0) is 4.79 Å². The summed E-state index contributed by atoms with van der Waals surface area (Å²) in [5.41, 5.74) is 5.12. The lowest BCUT2D eigenvalue weighted by Gasteiger charge is -2.26. The average Bonchev–Trinajstić information content (AvgIpc) is 2.49. The summed E-state index contributed by atoms with van der Waals surface area (Å²) < 4.78 is 0. The zero-order chi connectivity index (χ0) is 15.5. The molecule has 0 aliphatic carbocycles. The van der Waals surface area contributed by atoms with E-state index in [1.165, 1.54) is 6.92 Å². The minimum atomic E-state index is -1.79. The summed E-state index contributed by atoms with van der Waals surface area (Å²) in [6.45, 7) is 1.33. The third-order valence-corrected chi connectivity index (χ3v) is 3.26. The Bertz CT molecular complexity index is 670. The summed E-state index contributed by atoms with van der Waals surface area (Å²) in [6, 6.07) is 15.0. The molecular formula is C16H16N2O3. The van der Waals surface area contributed by atoms with Gasteiger partial charge >= 0.3 is 5.97 Å². The van der Waals surface area contributed by atoms with E-state index in [1.807, 2.05) is 0 Å². The summed E-state index contributed by atoms with van der Waals surface area (Å²) >= 11 is 0. The van der Waals surface area contributed by atoms with E-state index in [1.54, 1.807) is 54.6 Å². The second-order valence-corrected chi connectivity index (χ2v) is 4.84. The van der Waals surface area contributed by atoms with E-state index in [9.17, 15) is 14.7 Å². The molecule has 0 spiro atoms. The van der Waals surface area contributed by atoms with Gasteiger partial charge in [0, 0.05) is 5.56 Å². The van der Waals surface area contributed by atoms with Crippen LogP contribution in [0.25, 0.3) is 0 Å². The monoisotopic (exact) mass is 284 g/mol. The molecule has 2 aromatic carbocycles. The molecule has 0 aliphatic rings. The molecule has 0 aliphatic heterocycles. The Morgan fingerprint density at radius 1 is 1.05 bits per heavy atom. The molecule has 0 amide bonds. The van der Waals surface area contributed by atoms with Gasteiger partial charge in [-0.15, -0.1) is 0 Å². The van der Waals surface area contributed by atoms with Crippen molar-refractivity contribution in [2.24, 2.45) is 0 Å². The zero-order valence-electron chi connectivity index (χ0n) is 11.5. The molecule has 108 valence electrons. The first-order chi connectivity index (χ1) is 9.95. The van der Waals surface area contributed by atoms with Crippen molar-refractivity contribution < 1.29 is 14.7 Å². The number of nitrogens with two attached hydrogens (primary N) is 1. The summed E-state index contributed by atoms with van der Waals surface area (Å²) in [5.74, 6) is -1.79. The molecule has 0 fully saturated rings. The highest BCUT2D eigenvalue weighted by molar-refractivity contribution is 6.17. The van der Waals surface area contributed by atoms with Crippen molar-refractivity contribution in [1.82, 2.24) is 0 Å². The van der Waals surface area contributed by atoms with Gasteiger partial charge < -0.3 is 16.2 Å². The van der Waals surface area contributed by atoms with Gasteiger partial charge in [0.05, 0.1) is 11.4 Å². The lowest BCUT2D eigenvalue weighted by atomic mass is 9.90. The number of Topliss-reactive ketones (excluding diaryl/α,β-unsaturated/α-hetero) is 1. The fourth-order valence-corrected chi connectivity index (χ4v) is 1.97. The van der Waals surface area contributed by atoms with Crippen LogP contribution < -0.4 is 11.1 Å². The molecule has 5 heteroatoms. The van der Waals surface area contributed by atoms with Crippen LogP contribution in [0.15, 0.2) is 54.6 Å². The Morgan fingerprint density at radius 3 is 2.19 bits per heavy atom. The first-order valence-corrected chi connectivity index (χ1v) is 6.41. The van der Waals surface area contributed by atoms with E-state index < -0.39 is 17.3 Å². The number of carboxylic acids is 1. The number of rotatable bonds is 5. The smallest absolute Gasteiger partial charge is 0.337 e. The number of carbonyl (C=O) groups excluding carboxylic acids is 1. The van der Waals surface area contributed by atoms with Crippen LogP contribution in [0.5, 0.6) is 0 Å². The van der Waals surface area contributed by atoms with Crippen LogP contribution in [0, 0.1) is 0 Å². The first-order valence-electron chi connectivity index (χ1n) is 6.41. The van der Waals surface area contributed by atoms with Crippen molar-refractivity contribution in [1.29, 1.82) is 0 Å². The maximum atomic E-state index is 12.5. The van der Waals surface area contributed by atoms with Gasteiger partial charge in [-0.05, 0) is 19.1 Å². The van der Waals surface area contributed by atoms with Gasteiger partial charge in [0.25, 0.3) is 0 Å². The van der Waals surface area contributed by atoms with Gasteiger partial charge in [0.15, 0.2) is 11.3 Å². The van der Waals surface area contributed by atoms with Gasteiger partial charge in [-0.2, -0.15) is 0 Å². The van der Waals surface area contributed by atoms with Crippen LogP contribution >= 0.6 is 0 Å². The highest BCUT2D eigenvalue weighted by atomic mass is 16.4. The van der Waals surface area contributed by atoms with Gasteiger partial charge in [-0.25, -0.2) is 4.79 Å². The highest BCUT2D eigenvalue weighted by Gasteiger charge is 2.42. The molecule has 5 nitrogen and oxygen atoms in total. The minimum absolute atomic E-state index is 0.324. The number of carbonyl (C=O) groups is 2. The predicted molar refractivity (Wildman–Crippen MR) is 81.3 cm³/mol. The molecule has 2 rings (SSSR count). The number of para-hydroxylation sites is 2. The summed E-state index contributed by atoms with van der Waals surface area (Å²) in [5, 5.41) is 12.2. The molecule has 21 heavy (non-hydrogen) atoms. The lowest BCUT2D eigenvalue weighted by molar-refractivity contribution is -0.139. The van der Waals surface area contributed by atoms with Crippen LogP contribution in [0.2, 0.25) is 0 Å². The molecule has 0 aromatic heterocycles. The van der Waals surface area contributed by atoms with E-state index in [4.69, 9.17) is 5.73 Å². The Kier molecular flexibility index (Phi) is 3.93. The zero-order valence-corrected chi connectivity index (χ0v) is 11.5. The van der Waals surface area contributed by atoms with Gasteiger partial charge in [0.2, 0.25) is 0 Å². The fourth-order valence-electron chi connectivity index (χ4n) is 1.97. The second-order valence-electron chi connectivity index (χ2n) is 4.84. The van der Waals surface area contributed by atoms with Crippen LogP contribution in [-0.4, -0.2) is 22.4 Å². The summed E-state index contributed by atoms with van der Waals surface area (Å²) in [6.07, 6.45) is 0. The Hall–Kier alpha value is -2.82. The molecule has 0 saturated heterocycles. The van der Waals surface area contributed by atoms with Crippen LogP contribution in [0.3, 0.4) is 0 Å². The topological polar surface area (TPSA) is 92.4 Å². The molecular weight excluding hydrogens is 268 g/mol. The number of benzene rings is 2. The third kappa shape index (κ3) is 2.86. The largest absolute Gasteiger partial charge is 0.479 e. The van der Waals surface area contributed by atoms with E-state index in [0.29, 0.717) is 16.9 Å². The third-order valence-electron chi connectivity index (χ3n) is 3.26. The molecule has 4 N–H and O–H groups in total. The van der Waals surface area contributed by atoms with Gasteiger partial charge in [0.1, 0.15) is 0 Å². The van der Waals surface area contributed by atoms with E-state index in [-0.39, 0.29) is 0 Å². The first kappa shape index (κ1) is 14.6. The molecule has 0 bridgehead atoms. The average molecular weight is 284 g/mol. The Labute approximate surface area is 122 Å². The number of hydrogen-bond acceptors (Lipinski definition) is 4. The highest BCUT2D eigenvalue weighted by Crippen LogP contribution is 2.24. The standard InChI is InChI=1S/C16H16N2O3/c1-16(15(20)21,14(19)11-7-3-2-4-8-11)18-13-10-6-5-9-12(13)17/h2-10,18H,17H2,1H3,(H,20,21). The number of anilines is 2. The molecule has 1 atom stereocenters. The Morgan fingerprint density at radius 2 is 1.62 bits per heavy atom. The summed E-state index contributed by atoms with van der Waals surface area (Å²) in [4.78, 5) is 24.2. The van der Waals surface area contributed by atoms with E-state index in [2.05, 4.69) is 5.32 Å². The van der Waals surface area contributed by atoms with Crippen molar-refractivity contribution in [3.8, 4) is 0 Å². The van der Waals surface area contributed by atoms with Crippen molar-refractivity contribution in [3.63, 3.8) is 0 Å². The molecule has 0 heterocycles. The normalized spacial score (nSPS) is 13.2. The van der Waals surface area contributed by atoms with Crippen LogP contribution in [0.4, 0.5) is 11.4 Å². The van der Waals surface area contributed by atoms with Crippen molar-refractivity contribution in [2.45, 2.75) is 12.5 Å². The van der Waals surface area contributed by atoms with Crippen molar-refractivity contribution in [2.75, 3.05) is 11.1 Å². The van der Waals surface area contributed by atoms with Gasteiger partial charge in [-0.3, -0.25) is 4.79 Å².